The van der Waals surface area contributed by atoms with Crippen molar-refractivity contribution in [2.24, 2.45) is 5.92 Å². The molecule has 1 heterocycles. The summed E-state index contributed by atoms with van der Waals surface area (Å²) >= 11 is 0. The Balaban J connectivity index is 2.17. The first-order chi connectivity index (χ1) is 3.93. The van der Waals surface area contributed by atoms with Crippen molar-refractivity contribution in [3.05, 3.63) is 0 Å². The van der Waals surface area contributed by atoms with Gasteiger partial charge in [0.25, 0.3) is 0 Å². The molecule has 1 aliphatic rings. The normalized spacial score (nSPS) is 27.6. The lowest BCUT2D eigenvalue weighted by atomic mass is 10.1. The molecule has 8 heavy (non-hydrogen) atoms. The summed E-state index contributed by atoms with van der Waals surface area (Å²) in [6.45, 7) is 1.79. The number of hydrogen-bond acceptors (Lipinski definition) is 1. The first-order valence-corrected chi connectivity index (χ1v) is 2.94. The zero-order chi connectivity index (χ0) is 5.82. The Kier molecular flexibility index (Phi) is 1.93. The lowest BCUT2D eigenvalue weighted by molar-refractivity contribution is 0.186. The third-order valence-electron chi connectivity index (χ3n) is 1.43. The minimum Gasteiger partial charge on any atom is -0.381 e. The van der Waals surface area contributed by atoms with E-state index in [2.05, 4.69) is 5.92 Å². The fourth-order valence-electron chi connectivity index (χ4n) is 0.911. The lowest BCUT2D eigenvalue weighted by Crippen LogP contribution is -1.95. The van der Waals surface area contributed by atoms with Gasteiger partial charge in [0.2, 0.25) is 0 Å². The molecule has 1 rings (SSSR count). The van der Waals surface area contributed by atoms with Gasteiger partial charge in [-0.1, -0.05) is 0 Å². The standard InChI is InChI=1S/C7H10O/c1-2-3-7-4-5-8-6-7/h1,7H,3-6H2/t7-/m1/s1. The number of terminal acetylenes is 1. The Hall–Kier alpha value is -0.480. The van der Waals surface area contributed by atoms with Crippen LogP contribution < -0.4 is 0 Å². The number of hydrogen-bond donors (Lipinski definition) is 0. The van der Waals surface area contributed by atoms with Crippen LogP contribution in [0.2, 0.25) is 0 Å². The second-order valence-electron chi connectivity index (χ2n) is 2.14. The molecule has 0 aromatic carbocycles. The summed E-state index contributed by atoms with van der Waals surface area (Å²) in [5, 5.41) is 0. The van der Waals surface area contributed by atoms with Gasteiger partial charge in [0.05, 0.1) is 6.61 Å². The highest BCUT2D eigenvalue weighted by Gasteiger charge is 2.12. The van der Waals surface area contributed by atoms with Crippen molar-refractivity contribution in [3.63, 3.8) is 0 Å². The fraction of sp³-hybridized carbons (Fsp3) is 0.714. The SMILES string of the molecule is C#CC[C@@H]1CCOC1. The molecule has 44 valence electrons. The zero-order valence-electron chi connectivity index (χ0n) is 4.89. The van der Waals surface area contributed by atoms with Crippen LogP contribution >= 0.6 is 0 Å². The summed E-state index contributed by atoms with van der Waals surface area (Å²) in [6, 6.07) is 0. The molecule has 0 amide bonds. The van der Waals surface area contributed by atoms with Crippen molar-refractivity contribution < 1.29 is 4.74 Å². The Morgan fingerprint density at radius 3 is 3.12 bits per heavy atom. The first-order valence-electron chi connectivity index (χ1n) is 2.94. The fourth-order valence-corrected chi connectivity index (χ4v) is 0.911. The molecule has 1 heteroatoms. The molecule has 0 radical (unpaired) electrons. The van der Waals surface area contributed by atoms with Gasteiger partial charge in [-0.3, -0.25) is 0 Å². The third-order valence-corrected chi connectivity index (χ3v) is 1.43. The quantitative estimate of drug-likeness (QED) is 0.458. The monoisotopic (exact) mass is 110 g/mol. The van der Waals surface area contributed by atoms with Gasteiger partial charge in [-0.05, 0) is 12.3 Å². The van der Waals surface area contributed by atoms with E-state index in [0.29, 0.717) is 5.92 Å². The van der Waals surface area contributed by atoms with Gasteiger partial charge in [-0.25, -0.2) is 0 Å². The maximum atomic E-state index is 5.11. The van der Waals surface area contributed by atoms with Crippen molar-refractivity contribution in [1.29, 1.82) is 0 Å². The van der Waals surface area contributed by atoms with Crippen LogP contribution in [-0.4, -0.2) is 13.2 Å². The van der Waals surface area contributed by atoms with E-state index in [1.807, 2.05) is 0 Å². The average Bonchev–Trinajstić information content (AvgIpc) is 2.19. The van der Waals surface area contributed by atoms with Crippen molar-refractivity contribution in [1.82, 2.24) is 0 Å². The van der Waals surface area contributed by atoms with Crippen LogP contribution in [0.5, 0.6) is 0 Å². The van der Waals surface area contributed by atoms with Crippen LogP contribution in [0.25, 0.3) is 0 Å². The van der Waals surface area contributed by atoms with E-state index in [4.69, 9.17) is 11.2 Å². The molecule has 1 aliphatic heterocycles. The molecule has 0 unspecified atom stereocenters. The van der Waals surface area contributed by atoms with Crippen LogP contribution in [-0.2, 0) is 4.74 Å². The van der Waals surface area contributed by atoms with Gasteiger partial charge in [0.15, 0.2) is 0 Å². The van der Waals surface area contributed by atoms with Crippen molar-refractivity contribution in [2.75, 3.05) is 13.2 Å². The molecule has 0 aliphatic carbocycles. The summed E-state index contributed by atoms with van der Waals surface area (Å²) in [5.41, 5.74) is 0. The third kappa shape index (κ3) is 1.24. The summed E-state index contributed by atoms with van der Waals surface area (Å²) < 4.78 is 5.11. The Morgan fingerprint density at radius 2 is 2.62 bits per heavy atom. The molecular formula is C7H10O. The predicted molar refractivity (Wildman–Crippen MR) is 32.4 cm³/mol. The molecule has 0 aromatic rings. The van der Waals surface area contributed by atoms with Crippen LogP contribution in [0.4, 0.5) is 0 Å². The Morgan fingerprint density at radius 1 is 1.75 bits per heavy atom. The maximum Gasteiger partial charge on any atom is 0.0504 e. The van der Waals surface area contributed by atoms with Crippen molar-refractivity contribution in [3.8, 4) is 12.3 Å². The highest BCUT2D eigenvalue weighted by molar-refractivity contribution is 4.87. The van der Waals surface area contributed by atoms with Crippen molar-refractivity contribution >= 4 is 0 Å². The molecule has 1 saturated heterocycles. The van der Waals surface area contributed by atoms with E-state index in [0.717, 1.165) is 26.1 Å². The smallest absolute Gasteiger partial charge is 0.0504 e. The second kappa shape index (κ2) is 2.74. The number of rotatable bonds is 1. The zero-order valence-corrected chi connectivity index (χ0v) is 4.89. The molecule has 0 bridgehead atoms. The molecular weight excluding hydrogens is 100 g/mol. The molecule has 1 nitrogen and oxygen atoms in total. The summed E-state index contributed by atoms with van der Waals surface area (Å²) in [6.07, 6.45) is 7.15. The Labute approximate surface area is 50.0 Å². The molecule has 0 spiro atoms. The van der Waals surface area contributed by atoms with Crippen molar-refractivity contribution in [2.45, 2.75) is 12.8 Å². The lowest BCUT2D eigenvalue weighted by Gasteiger charge is -1.97. The van der Waals surface area contributed by atoms with E-state index in [-0.39, 0.29) is 0 Å². The second-order valence-corrected chi connectivity index (χ2v) is 2.14. The van der Waals surface area contributed by atoms with Gasteiger partial charge >= 0.3 is 0 Å². The summed E-state index contributed by atoms with van der Waals surface area (Å²) in [4.78, 5) is 0. The largest absolute Gasteiger partial charge is 0.381 e. The molecule has 0 N–H and O–H groups in total. The number of ether oxygens (including phenoxy) is 1. The molecule has 0 aromatic heterocycles. The van der Waals surface area contributed by atoms with E-state index in [1.165, 1.54) is 0 Å². The van der Waals surface area contributed by atoms with Crippen LogP contribution in [0.15, 0.2) is 0 Å². The van der Waals surface area contributed by atoms with Gasteiger partial charge in [-0.15, -0.1) is 12.3 Å². The summed E-state index contributed by atoms with van der Waals surface area (Å²) in [5.74, 6) is 3.28. The van der Waals surface area contributed by atoms with E-state index in [1.54, 1.807) is 0 Å². The van der Waals surface area contributed by atoms with E-state index < -0.39 is 0 Å². The van der Waals surface area contributed by atoms with Crippen LogP contribution in [0, 0.1) is 18.3 Å². The Bertz CT molecular complexity index is 95.4. The maximum absolute atomic E-state index is 5.11. The topological polar surface area (TPSA) is 9.23 Å². The summed E-state index contributed by atoms with van der Waals surface area (Å²) in [7, 11) is 0. The molecule has 1 atom stereocenters. The van der Waals surface area contributed by atoms with Gasteiger partial charge in [0.1, 0.15) is 0 Å². The van der Waals surface area contributed by atoms with Gasteiger partial charge < -0.3 is 4.74 Å². The van der Waals surface area contributed by atoms with Crippen LogP contribution in [0.1, 0.15) is 12.8 Å². The highest BCUT2D eigenvalue weighted by Crippen LogP contribution is 2.14. The predicted octanol–water partition coefficient (Wildman–Crippen LogP) is 1.05. The highest BCUT2D eigenvalue weighted by atomic mass is 16.5. The van der Waals surface area contributed by atoms with Gasteiger partial charge in [0, 0.05) is 13.0 Å². The minimum atomic E-state index is 0.653. The van der Waals surface area contributed by atoms with Crippen LogP contribution in [0.3, 0.4) is 0 Å². The average molecular weight is 110 g/mol. The molecule has 0 saturated carbocycles. The van der Waals surface area contributed by atoms with Gasteiger partial charge in [-0.2, -0.15) is 0 Å². The molecule has 1 fully saturated rings. The van der Waals surface area contributed by atoms with E-state index in [9.17, 15) is 0 Å². The van der Waals surface area contributed by atoms with E-state index >= 15 is 0 Å². The first kappa shape index (κ1) is 5.65. The minimum absolute atomic E-state index is 0.653.